The first kappa shape index (κ1) is 19.1. The van der Waals surface area contributed by atoms with Crippen molar-refractivity contribution in [2.75, 3.05) is 18.4 Å². The molecule has 1 N–H and O–H groups in total. The van der Waals surface area contributed by atoms with Crippen molar-refractivity contribution in [3.63, 3.8) is 0 Å². The van der Waals surface area contributed by atoms with Crippen molar-refractivity contribution in [3.8, 4) is 0 Å². The summed E-state index contributed by atoms with van der Waals surface area (Å²) in [4.78, 5) is 38.8. The van der Waals surface area contributed by atoms with Crippen LogP contribution in [-0.2, 0) is 4.79 Å². The number of hydrogen-bond acceptors (Lipinski definition) is 3. The average molecular weight is 385 g/mol. The Balaban J connectivity index is 1.69. The average Bonchev–Trinajstić information content (AvgIpc) is 2.68. The van der Waals surface area contributed by atoms with Crippen LogP contribution in [0.25, 0.3) is 0 Å². The van der Waals surface area contributed by atoms with Crippen molar-refractivity contribution in [1.82, 2.24) is 4.90 Å². The fourth-order valence-electron chi connectivity index (χ4n) is 3.28. The van der Waals surface area contributed by atoms with E-state index in [-0.39, 0.29) is 23.5 Å². The van der Waals surface area contributed by atoms with Gasteiger partial charge < -0.3 is 10.2 Å². The van der Waals surface area contributed by atoms with E-state index in [2.05, 4.69) is 5.32 Å². The monoisotopic (exact) mass is 384 g/mol. The van der Waals surface area contributed by atoms with Crippen molar-refractivity contribution in [2.24, 2.45) is 5.92 Å². The number of rotatable bonds is 4. The Bertz CT molecular complexity index is 864. The molecule has 2 aromatic rings. The molecule has 1 fully saturated rings. The van der Waals surface area contributed by atoms with Gasteiger partial charge in [0.1, 0.15) is 0 Å². The molecule has 6 heteroatoms. The molecule has 0 saturated carbocycles. The second kappa shape index (κ2) is 8.35. The fourth-order valence-corrected chi connectivity index (χ4v) is 3.41. The largest absolute Gasteiger partial charge is 0.338 e. The van der Waals surface area contributed by atoms with Crippen LogP contribution in [0.4, 0.5) is 5.69 Å². The van der Waals surface area contributed by atoms with E-state index in [9.17, 15) is 14.4 Å². The van der Waals surface area contributed by atoms with Gasteiger partial charge in [-0.25, -0.2) is 0 Å². The lowest BCUT2D eigenvalue weighted by Crippen LogP contribution is -2.43. The first-order valence-electron chi connectivity index (χ1n) is 8.91. The molecule has 3 rings (SSSR count). The highest BCUT2D eigenvalue weighted by Gasteiger charge is 2.29. The predicted molar refractivity (Wildman–Crippen MR) is 105 cm³/mol. The molecule has 140 valence electrons. The smallest absolute Gasteiger partial charge is 0.253 e. The van der Waals surface area contributed by atoms with Gasteiger partial charge in [0.15, 0.2) is 5.78 Å². The van der Waals surface area contributed by atoms with Gasteiger partial charge in [-0.1, -0.05) is 23.7 Å². The molecule has 27 heavy (non-hydrogen) atoms. The number of Topliss-reactive ketones (excluding diaryl/α,β-unsaturated/α-hetero) is 1. The van der Waals surface area contributed by atoms with Crippen LogP contribution >= 0.6 is 11.6 Å². The number of carbonyl (C=O) groups excluding carboxylic acids is 3. The lowest BCUT2D eigenvalue weighted by atomic mass is 9.96. The van der Waals surface area contributed by atoms with Crippen LogP contribution in [-0.4, -0.2) is 35.6 Å². The van der Waals surface area contributed by atoms with Gasteiger partial charge in [0.2, 0.25) is 5.91 Å². The van der Waals surface area contributed by atoms with E-state index in [1.807, 2.05) is 0 Å². The molecular formula is C21H21ClN2O3. The summed E-state index contributed by atoms with van der Waals surface area (Å²) in [7, 11) is 0. The number of para-hydroxylation sites is 1. The number of halogens is 1. The number of benzene rings is 2. The Morgan fingerprint density at radius 2 is 1.78 bits per heavy atom. The number of ketones is 1. The third kappa shape index (κ3) is 4.55. The van der Waals surface area contributed by atoms with Gasteiger partial charge in [-0.05, 0) is 56.2 Å². The standard InChI is InChI=1S/C21H21ClN2O3/c1-14(25)18-6-2-3-7-19(18)23-20(26)16-5-4-12-24(13-16)21(27)15-8-10-17(22)11-9-15/h2-3,6-11,16H,4-5,12-13H2,1H3,(H,23,26)/t16-/m1/s1. The molecule has 0 spiro atoms. The van der Waals surface area contributed by atoms with Crippen LogP contribution in [0.15, 0.2) is 48.5 Å². The lowest BCUT2D eigenvalue weighted by Gasteiger charge is -2.32. The molecular weight excluding hydrogens is 364 g/mol. The van der Waals surface area contributed by atoms with Gasteiger partial charge in [-0.2, -0.15) is 0 Å². The van der Waals surface area contributed by atoms with E-state index >= 15 is 0 Å². The molecule has 0 aliphatic carbocycles. The molecule has 1 aliphatic rings. The second-order valence-corrected chi connectivity index (χ2v) is 7.12. The molecule has 1 atom stereocenters. The Morgan fingerprint density at radius 1 is 1.07 bits per heavy atom. The number of anilines is 1. The third-order valence-corrected chi connectivity index (χ3v) is 4.99. The summed E-state index contributed by atoms with van der Waals surface area (Å²) < 4.78 is 0. The van der Waals surface area contributed by atoms with Gasteiger partial charge in [0, 0.05) is 29.2 Å². The summed E-state index contributed by atoms with van der Waals surface area (Å²) in [5.41, 5.74) is 1.55. The minimum Gasteiger partial charge on any atom is -0.338 e. The van der Waals surface area contributed by atoms with Gasteiger partial charge >= 0.3 is 0 Å². The van der Waals surface area contributed by atoms with Crippen LogP contribution in [0.5, 0.6) is 0 Å². The van der Waals surface area contributed by atoms with Crippen LogP contribution in [0.1, 0.15) is 40.5 Å². The summed E-state index contributed by atoms with van der Waals surface area (Å²) in [5, 5.41) is 3.43. The summed E-state index contributed by atoms with van der Waals surface area (Å²) in [6.07, 6.45) is 1.46. The zero-order valence-corrected chi connectivity index (χ0v) is 15.8. The van der Waals surface area contributed by atoms with E-state index in [1.54, 1.807) is 53.4 Å². The SMILES string of the molecule is CC(=O)c1ccccc1NC(=O)[C@@H]1CCCN(C(=O)c2ccc(Cl)cc2)C1. The normalized spacial score (nSPS) is 16.7. The van der Waals surface area contributed by atoms with Crippen molar-refractivity contribution in [2.45, 2.75) is 19.8 Å². The van der Waals surface area contributed by atoms with Crippen molar-refractivity contribution in [1.29, 1.82) is 0 Å². The zero-order valence-electron chi connectivity index (χ0n) is 15.1. The number of piperidine rings is 1. The maximum absolute atomic E-state index is 12.7. The first-order chi connectivity index (χ1) is 13.0. The summed E-state index contributed by atoms with van der Waals surface area (Å²) in [5.74, 6) is -0.685. The van der Waals surface area contributed by atoms with E-state index < -0.39 is 0 Å². The van der Waals surface area contributed by atoms with E-state index in [1.165, 1.54) is 6.92 Å². The number of nitrogens with zero attached hydrogens (tertiary/aromatic N) is 1. The molecule has 0 aromatic heterocycles. The number of likely N-dealkylation sites (tertiary alicyclic amines) is 1. The van der Waals surface area contributed by atoms with Gasteiger partial charge in [-0.15, -0.1) is 0 Å². The Kier molecular flexibility index (Phi) is 5.91. The van der Waals surface area contributed by atoms with Gasteiger partial charge in [0.05, 0.1) is 11.6 Å². The van der Waals surface area contributed by atoms with Gasteiger partial charge in [-0.3, -0.25) is 14.4 Å². The highest BCUT2D eigenvalue weighted by molar-refractivity contribution is 6.30. The van der Waals surface area contributed by atoms with Crippen LogP contribution in [0, 0.1) is 5.92 Å². The summed E-state index contributed by atoms with van der Waals surface area (Å²) >= 11 is 5.88. The highest BCUT2D eigenvalue weighted by atomic mass is 35.5. The van der Waals surface area contributed by atoms with Gasteiger partial charge in [0.25, 0.3) is 5.91 Å². The minimum absolute atomic E-state index is 0.103. The summed E-state index contributed by atoms with van der Waals surface area (Å²) in [6.45, 7) is 2.45. The Hall–Kier alpha value is -2.66. The quantitative estimate of drug-likeness (QED) is 0.809. The molecule has 1 heterocycles. The molecule has 0 bridgehead atoms. The number of amides is 2. The van der Waals surface area contributed by atoms with Crippen LogP contribution in [0.2, 0.25) is 5.02 Å². The maximum atomic E-state index is 12.7. The third-order valence-electron chi connectivity index (χ3n) is 4.73. The zero-order chi connectivity index (χ0) is 19.4. The van der Waals surface area contributed by atoms with Crippen molar-refractivity contribution >= 4 is 34.9 Å². The van der Waals surface area contributed by atoms with E-state index in [0.717, 1.165) is 6.42 Å². The molecule has 0 radical (unpaired) electrons. The number of hydrogen-bond donors (Lipinski definition) is 1. The van der Waals surface area contributed by atoms with Crippen molar-refractivity contribution < 1.29 is 14.4 Å². The van der Waals surface area contributed by atoms with Crippen molar-refractivity contribution in [3.05, 3.63) is 64.7 Å². The molecule has 5 nitrogen and oxygen atoms in total. The topological polar surface area (TPSA) is 66.5 Å². The van der Waals surface area contributed by atoms with E-state index in [4.69, 9.17) is 11.6 Å². The fraction of sp³-hybridized carbons (Fsp3) is 0.286. The van der Waals surface area contributed by atoms with Crippen LogP contribution < -0.4 is 5.32 Å². The molecule has 1 saturated heterocycles. The highest BCUT2D eigenvalue weighted by Crippen LogP contribution is 2.23. The molecule has 1 aliphatic heterocycles. The molecule has 2 amide bonds. The molecule has 0 unspecified atom stereocenters. The summed E-state index contributed by atoms with van der Waals surface area (Å²) in [6, 6.07) is 13.7. The Labute approximate surface area is 163 Å². The predicted octanol–water partition coefficient (Wildman–Crippen LogP) is 4.03. The molecule has 2 aromatic carbocycles. The second-order valence-electron chi connectivity index (χ2n) is 6.69. The number of nitrogens with one attached hydrogen (secondary N) is 1. The van der Waals surface area contributed by atoms with Crippen LogP contribution in [0.3, 0.4) is 0 Å². The lowest BCUT2D eigenvalue weighted by molar-refractivity contribution is -0.121. The minimum atomic E-state index is -0.310. The number of carbonyl (C=O) groups is 3. The first-order valence-corrected chi connectivity index (χ1v) is 9.29. The maximum Gasteiger partial charge on any atom is 0.253 e. The Morgan fingerprint density at radius 3 is 2.48 bits per heavy atom. The van der Waals surface area contributed by atoms with E-state index in [0.29, 0.717) is 41.3 Å².